The number of benzene rings is 1. The minimum absolute atomic E-state index is 0.217. The predicted molar refractivity (Wildman–Crippen MR) is 78.1 cm³/mol. The molecule has 0 radical (unpaired) electrons. The summed E-state index contributed by atoms with van der Waals surface area (Å²) in [4.78, 5) is 12.8. The first kappa shape index (κ1) is 13.6. The molecule has 0 fully saturated rings. The zero-order chi connectivity index (χ0) is 13.8. The van der Waals surface area contributed by atoms with Gasteiger partial charge in [-0.05, 0) is 24.0 Å². The Bertz CT molecular complexity index is 597. The van der Waals surface area contributed by atoms with Crippen LogP contribution in [0.4, 0.5) is 0 Å². The van der Waals surface area contributed by atoms with Crippen LogP contribution in [0.15, 0.2) is 30.3 Å². The highest BCUT2D eigenvalue weighted by Crippen LogP contribution is 2.16. The van der Waals surface area contributed by atoms with Crippen molar-refractivity contribution in [2.75, 3.05) is 0 Å². The number of carbonyl (C=O) groups is 1. The van der Waals surface area contributed by atoms with Crippen LogP contribution in [0.5, 0.6) is 0 Å². The van der Waals surface area contributed by atoms with Crippen molar-refractivity contribution in [3.63, 3.8) is 0 Å². The molecule has 0 aliphatic heterocycles. The van der Waals surface area contributed by atoms with Gasteiger partial charge in [0, 0.05) is 0 Å². The van der Waals surface area contributed by atoms with Crippen molar-refractivity contribution >= 4 is 34.6 Å². The number of aryl methyl sites for hydroxylation is 1. The van der Waals surface area contributed by atoms with Crippen LogP contribution in [0, 0.1) is 6.92 Å². The maximum Gasteiger partial charge on any atom is 0.265 e. The molecular formula is C12H12N4OS2. The van der Waals surface area contributed by atoms with Crippen LogP contribution in [0.1, 0.15) is 27.0 Å². The van der Waals surface area contributed by atoms with Gasteiger partial charge >= 0.3 is 0 Å². The van der Waals surface area contributed by atoms with Crippen LogP contribution in [0.25, 0.3) is 0 Å². The standard InChI is InChI=1S/C12H12N4OS2/c1-7-10(19-16-15-7)12(17)14-9(11(13)18)8-5-3-2-4-6-8/h2-6,9H,1H3,(H2,13,18)(H,14,17). The predicted octanol–water partition coefficient (Wildman–Crippen LogP) is 1.60. The normalized spacial score (nSPS) is 11.8. The number of hydrogen-bond donors (Lipinski definition) is 2. The van der Waals surface area contributed by atoms with E-state index in [1.807, 2.05) is 30.3 Å². The van der Waals surface area contributed by atoms with Gasteiger partial charge < -0.3 is 11.1 Å². The number of nitrogens with two attached hydrogens (primary N) is 1. The van der Waals surface area contributed by atoms with E-state index in [-0.39, 0.29) is 10.9 Å². The Balaban J connectivity index is 2.21. The van der Waals surface area contributed by atoms with E-state index in [0.717, 1.165) is 17.1 Å². The van der Waals surface area contributed by atoms with Crippen molar-refractivity contribution in [1.29, 1.82) is 0 Å². The lowest BCUT2D eigenvalue weighted by atomic mass is 10.1. The Morgan fingerprint density at radius 2 is 2.11 bits per heavy atom. The number of amides is 1. The van der Waals surface area contributed by atoms with Crippen molar-refractivity contribution in [2.24, 2.45) is 5.73 Å². The summed E-state index contributed by atoms with van der Waals surface area (Å²) in [7, 11) is 0. The van der Waals surface area contributed by atoms with E-state index in [1.165, 1.54) is 0 Å². The van der Waals surface area contributed by atoms with Crippen molar-refractivity contribution in [3.05, 3.63) is 46.5 Å². The molecule has 2 aromatic rings. The van der Waals surface area contributed by atoms with Gasteiger partial charge in [0.1, 0.15) is 15.9 Å². The molecule has 2 rings (SSSR count). The molecule has 1 atom stereocenters. The highest BCUT2D eigenvalue weighted by molar-refractivity contribution is 7.80. The lowest BCUT2D eigenvalue weighted by Crippen LogP contribution is -2.36. The van der Waals surface area contributed by atoms with Gasteiger partial charge in [-0.1, -0.05) is 47.0 Å². The minimum Gasteiger partial charge on any atom is -0.391 e. The maximum atomic E-state index is 12.1. The average Bonchev–Trinajstić information content (AvgIpc) is 2.82. The highest BCUT2D eigenvalue weighted by atomic mass is 32.1. The van der Waals surface area contributed by atoms with Crippen LogP contribution in [0.3, 0.4) is 0 Å². The largest absolute Gasteiger partial charge is 0.391 e. The molecule has 1 aromatic carbocycles. The number of nitrogens with zero attached hydrogens (tertiary/aromatic N) is 2. The van der Waals surface area contributed by atoms with E-state index in [9.17, 15) is 4.79 Å². The fourth-order valence-corrected chi connectivity index (χ4v) is 2.36. The van der Waals surface area contributed by atoms with Gasteiger partial charge in [-0.3, -0.25) is 4.79 Å². The zero-order valence-corrected chi connectivity index (χ0v) is 11.8. The first-order valence-electron chi connectivity index (χ1n) is 5.53. The van der Waals surface area contributed by atoms with Crippen molar-refractivity contribution < 1.29 is 4.79 Å². The van der Waals surface area contributed by atoms with Crippen LogP contribution >= 0.6 is 23.8 Å². The summed E-state index contributed by atoms with van der Waals surface area (Å²) in [6, 6.07) is 8.85. The van der Waals surface area contributed by atoms with Gasteiger partial charge in [0.2, 0.25) is 0 Å². The molecule has 7 heteroatoms. The molecule has 3 N–H and O–H groups in total. The molecule has 0 saturated carbocycles. The third-order valence-electron chi connectivity index (χ3n) is 2.55. The summed E-state index contributed by atoms with van der Waals surface area (Å²) in [6.07, 6.45) is 0. The van der Waals surface area contributed by atoms with Gasteiger partial charge in [-0.15, -0.1) is 5.10 Å². The van der Waals surface area contributed by atoms with Crippen molar-refractivity contribution in [1.82, 2.24) is 14.9 Å². The Hall–Kier alpha value is -1.86. The molecule has 19 heavy (non-hydrogen) atoms. The smallest absolute Gasteiger partial charge is 0.265 e. The zero-order valence-electron chi connectivity index (χ0n) is 10.2. The number of hydrogen-bond acceptors (Lipinski definition) is 5. The van der Waals surface area contributed by atoms with E-state index in [1.54, 1.807) is 6.92 Å². The van der Waals surface area contributed by atoms with Gasteiger partial charge in [0.15, 0.2) is 0 Å². The lowest BCUT2D eigenvalue weighted by Gasteiger charge is -2.17. The molecule has 1 amide bonds. The highest BCUT2D eigenvalue weighted by Gasteiger charge is 2.20. The molecule has 0 bridgehead atoms. The summed E-state index contributed by atoms with van der Waals surface area (Å²) in [5.74, 6) is -0.269. The van der Waals surface area contributed by atoms with E-state index in [2.05, 4.69) is 14.9 Å². The molecule has 5 nitrogen and oxygen atoms in total. The third-order valence-corrected chi connectivity index (χ3v) is 3.61. The van der Waals surface area contributed by atoms with Gasteiger partial charge in [-0.25, -0.2) is 0 Å². The van der Waals surface area contributed by atoms with Crippen molar-refractivity contribution in [2.45, 2.75) is 13.0 Å². The Labute approximate surface area is 120 Å². The van der Waals surface area contributed by atoms with E-state index < -0.39 is 6.04 Å². The monoisotopic (exact) mass is 292 g/mol. The molecule has 1 unspecified atom stereocenters. The van der Waals surface area contributed by atoms with Gasteiger partial charge in [0.25, 0.3) is 5.91 Å². The van der Waals surface area contributed by atoms with Crippen LogP contribution in [-0.4, -0.2) is 20.5 Å². The van der Waals surface area contributed by atoms with E-state index in [0.29, 0.717) is 10.6 Å². The number of carbonyl (C=O) groups excluding carboxylic acids is 1. The first-order chi connectivity index (χ1) is 9.09. The fourth-order valence-electron chi connectivity index (χ4n) is 1.60. The second-order valence-corrected chi connectivity index (χ2v) is 5.13. The van der Waals surface area contributed by atoms with Crippen LogP contribution < -0.4 is 11.1 Å². The molecule has 0 spiro atoms. The maximum absolute atomic E-state index is 12.1. The van der Waals surface area contributed by atoms with E-state index in [4.69, 9.17) is 18.0 Å². The number of rotatable bonds is 4. The molecule has 0 aliphatic rings. The molecule has 1 heterocycles. The quantitative estimate of drug-likeness (QED) is 0.837. The van der Waals surface area contributed by atoms with Crippen LogP contribution in [-0.2, 0) is 0 Å². The Kier molecular flexibility index (Phi) is 4.18. The third kappa shape index (κ3) is 3.12. The summed E-state index contributed by atoms with van der Waals surface area (Å²) in [6.45, 7) is 1.73. The van der Waals surface area contributed by atoms with Crippen molar-refractivity contribution in [3.8, 4) is 0 Å². The second kappa shape index (κ2) is 5.85. The average molecular weight is 292 g/mol. The first-order valence-corrected chi connectivity index (χ1v) is 6.72. The molecule has 0 aliphatic carbocycles. The SMILES string of the molecule is Cc1nnsc1C(=O)NC(C(N)=S)c1ccccc1. The molecular weight excluding hydrogens is 280 g/mol. The fraction of sp³-hybridized carbons (Fsp3) is 0.167. The lowest BCUT2D eigenvalue weighted by molar-refractivity contribution is 0.0950. The summed E-state index contributed by atoms with van der Waals surface area (Å²) >= 11 is 6.06. The molecule has 0 saturated heterocycles. The minimum atomic E-state index is -0.495. The number of nitrogens with one attached hydrogen (secondary N) is 1. The summed E-state index contributed by atoms with van der Waals surface area (Å²) < 4.78 is 3.73. The topological polar surface area (TPSA) is 80.9 Å². The van der Waals surface area contributed by atoms with E-state index >= 15 is 0 Å². The number of thiocarbonyl (C=S) groups is 1. The Morgan fingerprint density at radius 1 is 1.42 bits per heavy atom. The van der Waals surface area contributed by atoms with Gasteiger partial charge in [-0.2, -0.15) is 0 Å². The Morgan fingerprint density at radius 3 is 2.63 bits per heavy atom. The summed E-state index contributed by atoms with van der Waals surface area (Å²) in [5, 5.41) is 6.61. The van der Waals surface area contributed by atoms with Gasteiger partial charge in [0.05, 0.1) is 5.69 Å². The number of aromatic nitrogens is 2. The second-order valence-electron chi connectivity index (χ2n) is 3.91. The van der Waals surface area contributed by atoms with Crippen LogP contribution in [0.2, 0.25) is 0 Å². The molecule has 1 aromatic heterocycles. The molecule has 98 valence electrons. The summed E-state index contributed by atoms with van der Waals surface area (Å²) in [5.41, 5.74) is 7.14.